The lowest BCUT2D eigenvalue weighted by molar-refractivity contribution is -0.121. The van der Waals surface area contributed by atoms with Gasteiger partial charge in [0.2, 0.25) is 0 Å². The summed E-state index contributed by atoms with van der Waals surface area (Å²) in [6.45, 7) is 5.31. The van der Waals surface area contributed by atoms with Gasteiger partial charge in [-0.3, -0.25) is 19.1 Å². The van der Waals surface area contributed by atoms with Crippen LogP contribution in [-0.4, -0.2) is 34.6 Å². The van der Waals surface area contributed by atoms with E-state index in [9.17, 15) is 19.2 Å². The van der Waals surface area contributed by atoms with E-state index in [1.807, 2.05) is 19.9 Å². The summed E-state index contributed by atoms with van der Waals surface area (Å²) in [5.41, 5.74) is 5.74. The van der Waals surface area contributed by atoms with Crippen molar-refractivity contribution in [2.24, 2.45) is 0 Å². The molecule has 0 aliphatic carbocycles. The van der Waals surface area contributed by atoms with E-state index in [0.717, 1.165) is 16.9 Å². The zero-order valence-electron chi connectivity index (χ0n) is 16.9. The fourth-order valence-electron chi connectivity index (χ4n) is 2.90. The number of nitrogens with zero attached hydrogens (tertiary/aromatic N) is 2. The van der Waals surface area contributed by atoms with Gasteiger partial charge in [0.15, 0.2) is 12.3 Å². The van der Waals surface area contributed by atoms with Crippen LogP contribution in [0.2, 0.25) is 0 Å². The van der Waals surface area contributed by atoms with Crippen LogP contribution < -0.4 is 21.9 Å². The number of nitrogens with one attached hydrogen (secondary N) is 1. The van der Waals surface area contributed by atoms with Crippen molar-refractivity contribution < 1.29 is 14.3 Å². The maximum absolute atomic E-state index is 12.6. The molecule has 2 rings (SSSR count). The van der Waals surface area contributed by atoms with Gasteiger partial charge < -0.3 is 15.4 Å². The van der Waals surface area contributed by atoms with Gasteiger partial charge in [-0.15, -0.1) is 0 Å². The second kappa shape index (κ2) is 9.72. The molecule has 1 heterocycles. The molecule has 0 aliphatic heterocycles. The number of esters is 1. The van der Waals surface area contributed by atoms with Crippen molar-refractivity contribution in [2.45, 2.75) is 40.2 Å². The summed E-state index contributed by atoms with van der Waals surface area (Å²) in [5, 5.41) is 0. The molecule has 0 saturated heterocycles. The Morgan fingerprint density at radius 3 is 2.59 bits per heavy atom. The number of rotatable bonds is 8. The van der Waals surface area contributed by atoms with Crippen molar-refractivity contribution in [3.8, 4) is 0 Å². The largest absolute Gasteiger partial charge is 0.452 e. The minimum absolute atomic E-state index is 0.0904. The lowest BCUT2D eigenvalue weighted by Crippen LogP contribution is -2.42. The number of nitrogen functional groups attached to an aromatic ring is 1. The van der Waals surface area contributed by atoms with Gasteiger partial charge in [0.05, 0.1) is 5.56 Å². The zero-order valence-corrected chi connectivity index (χ0v) is 16.9. The van der Waals surface area contributed by atoms with E-state index in [2.05, 4.69) is 4.98 Å². The number of amides is 1. The summed E-state index contributed by atoms with van der Waals surface area (Å²) < 4.78 is 6.33. The number of aromatic amines is 1. The third kappa shape index (κ3) is 5.13. The number of hydrogen-bond donors (Lipinski definition) is 2. The van der Waals surface area contributed by atoms with Crippen molar-refractivity contribution in [1.82, 2.24) is 9.55 Å². The van der Waals surface area contributed by atoms with Crippen molar-refractivity contribution in [1.29, 1.82) is 0 Å². The molecular formula is C20H26N4O5. The van der Waals surface area contributed by atoms with Crippen molar-refractivity contribution >= 4 is 23.4 Å². The van der Waals surface area contributed by atoms with Gasteiger partial charge in [0.25, 0.3) is 11.5 Å². The standard InChI is InChI=1S/C20H26N4O5/c1-4-6-10-24-17(21)16(18(26)22-20(24)28)23(5-2)15(25)12-29-19(27)14-9-7-8-13(3)11-14/h7-9,11H,4-6,10,12,21H2,1-3H3,(H,22,26,28). The Kier molecular flexibility index (Phi) is 7.35. The van der Waals surface area contributed by atoms with Crippen molar-refractivity contribution in [2.75, 3.05) is 23.8 Å². The molecular weight excluding hydrogens is 376 g/mol. The highest BCUT2D eigenvalue weighted by atomic mass is 16.5. The summed E-state index contributed by atoms with van der Waals surface area (Å²) in [4.78, 5) is 52.5. The molecule has 0 fully saturated rings. The van der Waals surface area contributed by atoms with E-state index < -0.39 is 29.7 Å². The van der Waals surface area contributed by atoms with E-state index in [-0.39, 0.29) is 18.1 Å². The monoisotopic (exact) mass is 402 g/mol. The molecule has 1 amide bonds. The number of aromatic nitrogens is 2. The Balaban J connectivity index is 2.24. The normalized spacial score (nSPS) is 10.6. The number of carbonyl (C=O) groups is 2. The first-order chi connectivity index (χ1) is 13.8. The molecule has 0 radical (unpaired) electrons. The van der Waals surface area contributed by atoms with Crippen LogP contribution in [-0.2, 0) is 16.1 Å². The Labute approximate surface area is 168 Å². The molecule has 0 saturated carbocycles. The molecule has 0 bridgehead atoms. The number of benzene rings is 1. The third-order valence-electron chi connectivity index (χ3n) is 4.42. The van der Waals surface area contributed by atoms with Gasteiger partial charge in [-0.1, -0.05) is 31.0 Å². The molecule has 29 heavy (non-hydrogen) atoms. The van der Waals surface area contributed by atoms with Crippen LogP contribution in [0.3, 0.4) is 0 Å². The number of nitrogens with two attached hydrogens (primary N) is 1. The molecule has 9 heteroatoms. The highest BCUT2D eigenvalue weighted by molar-refractivity contribution is 5.98. The van der Waals surface area contributed by atoms with Crippen LogP contribution in [0.4, 0.5) is 11.5 Å². The molecule has 156 valence electrons. The maximum atomic E-state index is 12.6. The Morgan fingerprint density at radius 1 is 1.24 bits per heavy atom. The maximum Gasteiger partial charge on any atom is 0.338 e. The summed E-state index contributed by atoms with van der Waals surface area (Å²) in [7, 11) is 0. The minimum Gasteiger partial charge on any atom is -0.452 e. The topological polar surface area (TPSA) is 127 Å². The van der Waals surface area contributed by atoms with Gasteiger partial charge >= 0.3 is 11.7 Å². The average Bonchev–Trinajstić information content (AvgIpc) is 2.68. The van der Waals surface area contributed by atoms with Gasteiger partial charge in [0.1, 0.15) is 5.82 Å². The van der Waals surface area contributed by atoms with E-state index in [4.69, 9.17) is 10.5 Å². The molecule has 1 aromatic carbocycles. The number of H-pyrrole nitrogens is 1. The van der Waals surface area contributed by atoms with E-state index in [1.165, 1.54) is 4.57 Å². The van der Waals surface area contributed by atoms with Crippen LogP contribution in [0.25, 0.3) is 0 Å². The van der Waals surface area contributed by atoms with Gasteiger partial charge in [-0.05, 0) is 32.4 Å². The third-order valence-corrected chi connectivity index (χ3v) is 4.42. The highest BCUT2D eigenvalue weighted by Crippen LogP contribution is 2.17. The summed E-state index contributed by atoms with van der Waals surface area (Å²) in [6.07, 6.45) is 1.51. The van der Waals surface area contributed by atoms with E-state index in [1.54, 1.807) is 25.1 Å². The molecule has 3 N–H and O–H groups in total. The Hall–Kier alpha value is -3.36. The van der Waals surface area contributed by atoms with E-state index >= 15 is 0 Å². The van der Waals surface area contributed by atoms with E-state index in [0.29, 0.717) is 18.5 Å². The van der Waals surface area contributed by atoms with Crippen LogP contribution in [0, 0.1) is 6.92 Å². The first-order valence-corrected chi connectivity index (χ1v) is 9.46. The van der Waals surface area contributed by atoms with Crippen LogP contribution in [0.15, 0.2) is 33.9 Å². The fourth-order valence-corrected chi connectivity index (χ4v) is 2.90. The predicted molar refractivity (Wildman–Crippen MR) is 110 cm³/mol. The number of ether oxygens (including phenoxy) is 1. The molecule has 0 atom stereocenters. The lowest BCUT2D eigenvalue weighted by atomic mass is 10.1. The van der Waals surface area contributed by atoms with Crippen molar-refractivity contribution in [3.05, 3.63) is 56.2 Å². The number of aryl methyl sites for hydroxylation is 1. The number of unbranched alkanes of at least 4 members (excludes halogenated alkanes) is 1. The molecule has 1 aromatic heterocycles. The zero-order chi connectivity index (χ0) is 21.6. The molecule has 0 spiro atoms. The lowest BCUT2D eigenvalue weighted by Gasteiger charge is -2.23. The SMILES string of the molecule is CCCCn1c(N)c(N(CC)C(=O)COC(=O)c2cccc(C)c2)c(=O)[nH]c1=O. The minimum atomic E-state index is -0.763. The molecule has 9 nitrogen and oxygen atoms in total. The summed E-state index contributed by atoms with van der Waals surface area (Å²) >= 11 is 0. The average molecular weight is 402 g/mol. The fraction of sp³-hybridized carbons (Fsp3) is 0.400. The van der Waals surface area contributed by atoms with Gasteiger partial charge in [0, 0.05) is 13.1 Å². The molecule has 0 unspecified atom stereocenters. The highest BCUT2D eigenvalue weighted by Gasteiger charge is 2.24. The van der Waals surface area contributed by atoms with Crippen LogP contribution in [0.5, 0.6) is 0 Å². The van der Waals surface area contributed by atoms with Crippen LogP contribution in [0.1, 0.15) is 42.6 Å². The number of carbonyl (C=O) groups excluding carboxylic acids is 2. The summed E-state index contributed by atoms with van der Waals surface area (Å²) in [5.74, 6) is -1.35. The number of hydrogen-bond acceptors (Lipinski definition) is 6. The quantitative estimate of drug-likeness (QED) is 0.643. The van der Waals surface area contributed by atoms with Crippen molar-refractivity contribution in [3.63, 3.8) is 0 Å². The Morgan fingerprint density at radius 2 is 1.97 bits per heavy atom. The number of likely N-dealkylation sites (N-methyl/N-ethyl adjacent to an activating group) is 1. The summed E-state index contributed by atoms with van der Waals surface area (Å²) in [6, 6.07) is 6.79. The second-order valence-corrected chi connectivity index (χ2v) is 6.58. The first-order valence-electron chi connectivity index (χ1n) is 9.46. The second-order valence-electron chi connectivity index (χ2n) is 6.58. The molecule has 2 aromatic rings. The first kappa shape index (κ1) is 21.9. The molecule has 0 aliphatic rings. The van der Waals surface area contributed by atoms with Gasteiger partial charge in [-0.2, -0.15) is 0 Å². The Bertz CT molecular complexity index is 1010. The predicted octanol–water partition coefficient (Wildman–Crippen LogP) is 1.44. The number of anilines is 2. The van der Waals surface area contributed by atoms with Crippen LogP contribution >= 0.6 is 0 Å². The smallest absolute Gasteiger partial charge is 0.338 e. The van der Waals surface area contributed by atoms with Gasteiger partial charge in [-0.25, -0.2) is 9.59 Å².